The Bertz CT molecular complexity index is 298. The number of ether oxygens (including phenoxy) is 1. The molecule has 1 N–H and O–H groups in total. The molecule has 1 rings (SSSR count). The van der Waals surface area contributed by atoms with Crippen LogP contribution in [0.3, 0.4) is 0 Å². The molecule has 3 nitrogen and oxygen atoms in total. The number of unbranched alkanes of at least 4 members (excludes halogenated alkanes) is 1. The standard InChI is InChI=1S/C14H23NO2/c1-13-5-7-14(8-6-13)17-12-10-15(2)9-3-4-11-16/h5-8,16H,3-4,9-12H2,1-2H3. The second-order valence-corrected chi connectivity index (χ2v) is 4.40. The number of hydrogen-bond donors (Lipinski definition) is 1. The lowest BCUT2D eigenvalue weighted by molar-refractivity contribution is 0.225. The number of rotatable bonds is 8. The SMILES string of the molecule is Cc1ccc(OCCN(C)CCCCO)cc1. The van der Waals surface area contributed by atoms with Crippen molar-refractivity contribution in [1.29, 1.82) is 0 Å². The first-order valence-corrected chi connectivity index (χ1v) is 6.21. The van der Waals surface area contributed by atoms with Crippen LogP contribution >= 0.6 is 0 Å². The summed E-state index contributed by atoms with van der Waals surface area (Å²) in [4.78, 5) is 2.23. The number of hydrogen-bond acceptors (Lipinski definition) is 3. The fourth-order valence-corrected chi connectivity index (χ4v) is 1.56. The van der Waals surface area contributed by atoms with Crippen molar-refractivity contribution in [1.82, 2.24) is 4.90 Å². The van der Waals surface area contributed by atoms with E-state index in [2.05, 4.69) is 31.0 Å². The third kappa shape index (κ3) is 6.29. The second-order valence-electron chi connectivity index (χ2n) is 4.40. The van der Waals surface area contributed by atoms with Crippen LogP contribution in [0.25, 0.3) is 0 Å². The Labute approximate surface area is 104 Å². The maximum absolute atomic E-state index is 8.68. The monoisotopic (exact) mass is 237 g/mol. The van der Waals surface area contributed by atoms with Gasteiger partial charge in [0.25, 0.3) is 0 Å². The average molecular weight is 237 g/mol. The minimum absolute atomic E-state index is 0.285. The van der Waals surface area contributed by atoms with Crippen molar-refractivity contribution in [3.05, 3.63) is 29.8 Å². The minimum Gasteiger partial charge on any atom is -0.492 e. The van der Waals surface area contributed by atoms with E-state index in [0.29, 0.717) is 6.61 Å². The Hall–Kier alpha value is -1.06. The van der Waals surface area contributed by atoms with Gasteiger partial charge in [0.2, 0.25) is 0 Å². The van der Waals surface area contributed by atoms with Crippen LogP contribution in [0.4, 0.5) is 0 Å². The molecule has 96 valence electrons. The maximum Gasteiger partial charge on any atom is 0.119 e. The number of aliphatic hydroxyl groups excluding tert-OH is 1. The van der Waals surface area contributed by atoms with Gasteiger partial charge >= 0.3 is 0 Å². The van der Waals surface area contributed by atoms with Gasteiger partial charge < -0.3 is 14.7 Å². The summed E-state index contributed by atoms with van der Waals surface area (Å²) in [5.41, 5.74) is 1.25. The van der Waals surface area contributed by atoms with Crippen LogP contribution in [0.5, 0.6) is 5.75 Å². The van der Waals surface area contributed by atoms with Gasteiger partial charge in [-0.1, -0.05) is 17.7 Å². The number of aryl methyl sites for hydroxylation is 1. The zero-order valence-electron chi connectivity index (χ0n) is 10.9. The summed E-state index contributed by atoms with van der Waals surface area (Å²) in [6, 6.07) is 8.11. The molecule has 0 amide bonds. The number of likely N-dealkylation sites (N-methyl/N-ethyl adjacent to an activating group) is 1. The van der Waals surface area contributed by atoms with E-state index in [1.807, 2.05) is 12.1 Å². The molecule has 3 heteroatoms. The van der Waals surface area contributed by atoms with Gasteiger partial charge in [-0.15, -0.1) is 0 Å². The quantitative estimate of drug-likeness (QED) is 0.703. The summed E-state index contributed by atoms with van der Waals surface area (Å²) in [6.45, 7) is 4.99. The Kier molecular flexibility index (Phi) is 6.67. The lowest BCUT2D eigenvalue weighted by Crippen LogP contribution is -2.25. The van der Waals surface area contributed by atoms with E-state index < -0.39 is 0 Å². The molecule has 17 heavy (non-hydrogen) atoms. The van der Waals surface area contributed by atoms with Crippen LogP contribution in [-0.4, -0.2) is 43.4 Å². The first kappa shape index (κ1) is 14.0. The van der Waals surface area contributed by atoms with Crippen LogP contribution in [-0.2, 0) is 0 Å². The van der Waals surface area contributed by atoms with Gasteiger partial charge in [0.1, 0.15) is 12.4 Å². The largest absolute Gasteiger partial charge is 0.492 e. The van der Waals surface area contributed by atoms with Gasteiger partial charge in [-0.25, -0.2) is 0 Å². The molecule has 1 aromatic carbocycles. The molecule has 0 aliphatic rings. The van der Waals surface area contributed by atoms with Crippen LogP contribution in [0.1, 0.15) is 18.4 Å². The molecule has 1 aromatic rings. The molecule has 0 fully saturated rings. The molecule has 0 bridgehead atoms. The Morgan fingerprint density at radius 1 is 1.12 bits per heavy atom. The summed E-state index contributed by atoms with van der Waals surface area (Å²) < 4.78 is 5.65. The molecular formula is C14H23NO2. The highest BCUT2D eigenvalue weighted by atomic mass is 16.5. The van der Waals surface area contributed by atoms with E-state index in [-0.39, 0.29) is 6.61 Å². The van der Waals surface area contributed by atoms with E-state index >= 15 is 0 Å². The summed E-state index contributed by atoms with van der Waals surface area (Å²) in [6.07, 6.45) is 1.92. The van der Waals surface area contributed by atoms with Crippen LogP contribution in [0, 0.1) is 6.92 Å². The molecule has 0 spiro atoms. The zero-order chi connectivity index (χ0) is 12.5. The van der Waals surface area contributed by atoms with Crippen molar-refractivity contribution < 1.29 is 9.84 Å². The molecule has 0 aromatic heterocycles. The first-order chi connectivity index (χ1) is 8.22. The molecule has 0 heterocycles. The second kappa shape index (κ2) is 8.09. The topological polar surface area (TPSA) is 32.7 Å². The van der Waals surface area contributed by atoms with Crippen molar-refractivity contribution in [3.8, 4) is 5.75 Å². The third-order valence-electron chi connectivity index (χ3n) is 2.71. The Balaban J connectivity index is 2.12. The predicted octanol–water partition coefficient (Wildman–Crippen LogP) is 2.08. The van der Waals surface area contributed by atoms with Crippen molar-refractivity contribution in [2.75, 3.05) is 33.4 Å². The Morgan fingerprint density at radius 3 is 2.47 bits per heavy atom. The predicted molar refractivity (Wildman–Crippen MR) is 70.5 cm³/mol. The van der Waals surface area contributed by atoms with E-state index in [9.17, 15) is 0 Å². The lowest BCUT2D eigenvalue weighted by atomic mass is 10.2. The molecule has 0 atom stereocenters. The van der Waals surface area contributed by atoms with Gasteiger partial charge in [0.05, 0.1) is 0 Å². The Morgan fingerprint density at radius 2 is 1.82 bits per heavy atom. The average Bonchev–Trinajstić information content (AvgIpc) is 2.32. The highest BCUT2D eigenvalue weighted by Crippen LogP contribution is 2.11. The third-order valence-corrected chi connectivity index (χ3v) is 2.71. The number of aliphatic hydroxyl groups is 1. The number of benzene rings is 1. The first-order valence-electron chi connectivity index (χ1n) is 6.21. The van der Waals surface area contributed by atoms with Crippen LogP contribution in [0.2, 0.25) is 0 Å². The molecule has 0 unspecified atom stereocenters. The van der Waals surface area contributed by atoms with Gasteiger partial charge in [-0.2, -0.15) is 0 Å². The summed E-state index contributed by atoms with van der Waals surface area (Å²) in [5, 5.41) is 8.68. The summed E-state index contributed by atoms with van der Waals surface area (Å²) in [5.74, 6) is 0.930. The molecule has 0 saturated carbocycles. The highest BCUT2D eigenvalue weighted by Gasteiger charge is 1.99. The fraction of sp³-hybridized carbons (Fsp3) is 0.571. The van der Waals surface area contributed by atoms with E-state index in [4.69, 9.17) is 9.84 Å². The molecule has 0 radical (unpaired) electrons. The van der Waals surface area contributed by atoms with Crippen molar-refractivity contribution in [3.63, 3.8) is 0 Å². The molecule has 0 aliphatic carbocycles. The van der Waals surface area contributed by atoms with E-state index in [0.717, 1.165) is 31.7 Å². The molecular weight excluding hydrogens is 214 g/mol. The van der Waals surface area contributed by atoms with Gasteiger partial charge in [-0.3, -0.25) is 0 Å². The van der Waals surface area contributed by atoms with Crippen LogP contribution < -0.4 is 4.74 Å². The highest BCUT2D eigenvalue weighted by molar-refractivity contribution is 5.26. The zero-order valence-corrected chi connectivity index (χ0v) is 10.9. The smallest absolute Gasteiger partial charge is 0.119 e. The van der Waals surface area contributed by atoms with Gasteiger partial charge in [0.15, 0.2) is 0 Å². The van der Waals surface area contributed by atoms with Crippen molar-refractivity contribution >= 4 is 0 Å². The maximum atomic E-state index is 8.68. The molecule has 0 aliphatic heterocycles. The van der Waals surface area contributed by atoms with Gasteiger partial charge in [0, 0.05) is 13.2 Å². The van der Waals surface area contributed by atoms with Crippen LogP contribution in [0.15, 0.2) is 24.3 Å². The summed E-state index contributed by atoms with van der Waals surface area (Å²) >= 11 is 0. The van der Waals surface area contributed by atoms with E-state index in [1.54, 1.807) is 0 Å². The number of nitrogens with zero attached hydrogens (tertiary/aromatic N) is 1. The van der Waals surface area contributed by atoms with E-state index in [1.165, 1.54) is 5.56 Å². The van der Waals surface area contributed by atoms with Gasteiger partial charge in [-0.05, 0) is 45.5 Å². The lowest BCUT2D eigenvalue weighted by Gasteiger charge is -2.16. The minimum atomic E-state index is 0.285. The normalized spacial score (nSPS) is 10.8. The fourth-order valence-electron chi connectivity index (χ4n) is 1.56. The van der Waals surface area contributed by atoms with Crippen molar-refractivity contribution in [2.45, 2.75) is 19.8 Å². The van der Waals surface area contributed by atoms with Crippen molar-refractivity contribution in [2.24, 2.45) is 0 Å². The summed E-state index contributed by atoms with van der Waals surface area (Å²) in [7, 11) is 2.08. The molecule has 0 saturated heterocycles.